The molecule has 9 heteroatoms. The average Bonchev–Trinajstić information content (AvgIpc) is 3.01. The van der Waals surface area contributed by atoms with Crippen LogP contribution >= 0.6 is 22.9 Å². The molecule has 3 aromatic rings. The van der Waals surface area contributed by atoms with Gasteiger partial charge in [-0.1, -0.05) is 35.1 Å². The Hall–Kier alpha value is -2.71. The third kappa shape index (κ3) is 3.72. The number of fused-ring (bicyclic) bond motifs is 1. The number of ether oxygens (including phenoxy) is 2. The van der Waals surface area contributed by atoms with Gasteiger partial charge in [0.1, 0.15) is 23.6 Å². The zero-order valence-electron chi connectivity index (χ0n) is 14.4. The summed E-state index contributed by atoms with van der Waals surface area (Å²) in [5.74, 6) is -1.54. The summed E-state index contributed by atoms with van der Waals surface area (Å²) >= 11 is 7.35. The quantitative estimate of drug-likeness (QED) is 0.620. The Labute approximate surface area is 162 Å². The second kappa shape index (κ2) is 7.89. The van der Waals surface area contributed by atoms with Crippen molar-refractivity contribution in [3.8, 4) is 5.75 Å². The van der Waals surface area contributed by atoms with Gasteiger partial charge in [-0.05, 0) is 24.3 Å². The van der Waals surface area contributed by atoms with Crippen LogP contribution in [0.1, 0.15) is 10.4 Å². The zero-order valence-corrected chi connectivity index (χ0v) is 15.9. The van der Waals surface area contributed by atoms with E-state index in [1.54, 1.807) is 18.2 Å². The Kier molecular flexibility index (Phi) is 5.57. The van der Waals surface area contributed by atoms with Gasteiger partial charge in [0, 0.05) is 0 Å². The predicted molar refractivity (Wildman–Crippen MR) is 99.7 cm³/mol. The summed E-state index contributed by atoms with van der Waals surface area (Å²) in [5, 5.41) is 0.411. The summed E-state index contributed by atoms with van der Waals surface area (Å²) in [5.41, 5.74) is 0.332. The molecule has 0 spiro atoms. The highest BCUT2D eigenvalue weighted by atomic mass is 35.5. The first-order valence-electron chi connectivity index (χ1n) is 7.72. The van der Waals surface area contributed by atoms with Crippen molar-refractivity contribution in [2.24, 2.45) is 4.99 Å². The molecule has 6 nitrogen and oxygen atoms in total. The number of carbonyl (C=O) groups is 2. The predicted octanol–water partition coefficient (Wildman–Crippen LogP) is 3.42. The van der Waals surface area contributed by atoms with Gasteiger partial charge in [-0.3, -0.25) is 9.59 Å². The molecule has 0 aliphatic carbocycles. The average molecular weight is 409 g/mol. The van der Waals surface area contributed by atoms with Crippen molar-refractivity contribution in [3.05, 3.63) is 57.6 Å². The van der Waals surface area contributed by atoms with E-state index >= 15 is 0 Å². The van der Waals surface area contributed by atoms with Gasteiger partial charge in [-0.25, -0.2) is 4.39 Å². The topological polar surface area (TPSA) is 69.9 Å². The molecule has 27 heavy (non-hydrogen) atoms. The molecular formula is C18H14ClFN2O4S. The number of halogens is 2. The number of benzene rings is 2. The fourth-order valence-electron chi connectivity index (χ4n) is 2.49. The van der Waals surface area contributed by atoms with Crippen molar-refractivity contribution >= 4 is 45.0 Å². The van der Waals surface area contributed by atoms with Crippen molar-refractivity contribution in [2.45, 2.75) is 6.54 Å². The largest absolute Gasteiger partial charge is 0.495 e. The molecule has 1 aromatic heterocycles. The lowest BCUT2D eigenvalue weighted by atomic mass is 10.2. The van der Waals surface area contributed by atoms with Gasteiger partial charge in [-0.15, -0.1) is 0 Å². The van der Waals surface area contributed by atoms with Gasteiger partial charge in [0.05, 0.1) is 29.5 Å². The number of carbonyl (C=O) groups excluding carboxylic acids is 2. The van der Waals surface area contributed by atoms with Crippen molar-refractivity contribution in [1.82, 2.24) is 4.57 Å². The molecule has 1 amide bonds. The standard InChI is InChI=1S/C18H14ClFN2O4S/c1-25-13-8-7-11(19)16-15(13)22(9-14(23)26-2)18(27-16)21-17(24)10-5-3-4-6-12(10)20/h3-8H,9H2,1-2H3. The Balaban J connectivity index is 2.27. The lowest BCUT2D eigenvalue weighted by Gasteiger charge is -2.08. The lowest BCUT2D eigenvalue weighted by molar-refractivity contribution is -0.141. The summed E-state index contributed by atoms with van der Waals surface area (Å²) in [7, 11) is 2.73. The van der Waals surface area contributed by atoms with Crippen LogP contribution in [0.25, 0.3) is 10.2 Å². The van der Waals surface area contributed by atoms with Crippen LogP contribution in [0.15, 0.2) is 41.4 Å². The molecule has 0 unspecified atom stereocenters. The van der Waals surface area contributed by atoms with Gasteiger partial charge in [0.2, 0.25) is 0 Å². The normalized spacial score (nSPS) is 11.6. The third-order valence-corrected chi connectivity index (χ3v) is 5.32. The molecule has 3 rings (SSSR count). The van der Waals surface area contributed by atoms with Crippen LogP contribution in [-0.4, -0.2) is 30.7 Å². The molecule has 0 saturated carbocycles. The molecule has 0 aliphatic heterocycles. The molecule has 2 aromatic carbocycles. The smallest absolute Gasteiger partial charge is 0.325 e. The van der Waals surface area contributed by atoms with Crippen molar-refractivity contribution in [3.63, 3.8) is 0 Å². The maximum absolute atomic E-state index is 13.9. The van der Waals surface area contributed by atoms with Gasteiger partial charge >= 0.3 is 5.97 Å². The minimum absolute atomic E-state index is 0.169. The van der Waals surface area contributed by atoms with E-state index in [1.807, 2.05) is 0 Å². The maximum atomic E-state index is 13.9. The Morgan fingerprint density at radius 1 is 1.22 bits per heavy atom. The van der Waals surface area contributed by atoms with Crippen LogP contribution in [0.3, 0.4) is 0 Å². The molecule has 0 atom stereocenters. The second-order valence-corrected chi connectivity index (χ2v) is 6.76. The van der Waals surface area contributed by atoms with E-state index in [9.17, 15) is 14.0 Å². The molecule has 1 heterocycles. The van der Waals surface area contributed by atoms with Crippen molar-refractivity contribution in [2.75, 3.05) is 14.2 Å². The second-order valence-electron chi connectivity index (χ2n) is 5.37. The number of nitrogens with zero attached hydrogens (tertiary/aromatic N) is 2. The Bertz CT molecular complexity index is 1110. The molecule has 0 radical (unpaired) electrons. The summed E-state index contributed by atoms with van der Waals surface area (Å²) < 4.78 is 26.0. The van der Waals surface area contributed by atoms with E-state index in [1.165, 1.54) is 37.0 Å². The maximum Gasteiger partial charge on any atom is 0.325 e. The number of aromatic nitrogens is 1. The van der Waals surface area contributed by atoms with Gasteiger partial charge in [0.25, 0.3) is 5.91 Å². The summed E-state index contributed by atoms with van der Waals surface area (Å²) in [6, 6.07) is 8.83. The van der Waals surface area contributed by atoms with Crippen LogP contribution in [0, 0.1) is 5.82 Å². The molecule has 0 N–H and O–H groups in total. The van der Waals surface area contributed by atoms with Crippen LogP contribution in [0.4, 0.5) is 4.39 Å². The van der Waals surface area contributed by atoms with E-state index in [2.05, 4.69) is 4.99 Å². The highest BCUT2D eigenvalue weighted by Crippen LogP contribution is 2.33. The van der Waals surface area contributed by atoms with E-state index in [-0.39, 0.29) is 16.9 Å². The molecular weight excluding hydrogens is 395 g/mol. The number of amides is 1. The molecule has 0 aliphatic rings. The van der Waals surface area contributed by atoms with E-state index in [4.69, 9.17) is 21.1 Å². The highest BCUT2D eigenvalue weighted by Gasteiger charge is 2.18. The fourth-order valence-corrected chi connectivity index (χ4v) is 3.81. The monoisotopic (exact) mass is 408 g/mol. The van der Waals surface area contributed by atoms with Gasteiger partial charge in [-0.2, -0.15) is 4.99 Å². The van der Waals surface area contributed by atoms with Crippen LogP contribution in [-0.2, 0) is 16.1 Å². The van der Waals surface area contributed by atoms with Crippen molar-refractivity contribution in [1.29, 1.82) is 0 Å². The third-order valence-electron chi connectivity index (χ3n) is 3.78. The van der Waals surface area contributed by atoms with E-state index in [0.29, 0.717) is 21.0 Å². The number of hydrogen-bond donors (Lipinski definition) is 0. The molecule has 0 saturated heterocycles. The number of thiazole rings is 1. The number of esters is 1. The summed E-state index contributed by atoms with van der Waals surface area (Å²) in [6.07, 6.45) is 0. The molecule has 0 fully saturated rings. The SMILES string of the molecule is COC(=O)Cn1c(=NC(=O)c2ccccc2F)sc2c(Cl)ccc(OC)c21. The highest BCUT2D eigenvalue weighted by molar-refractivity contribution is 7.17. The Morgan fingerprint density at radius 2 is 1.96 bits per heavy atom. The number of hydrogen-bond acceptors (Lipinski definition) is 5. The summed E-state index contributed by atoms with van der Waals surface area (Å²) in [6.45, 7) is -0.212. The van der Waals surface area contributed by atoms with Crippen molar-refractivity contribution < 1.29 is 23.5 Å². The minimum Gasteiger partial charge on any atom is -0.495 e. The first-order valence-corrected chi connectivity index (χ1v) is 8.92. The van der Waals surface area contributed by atoms with E-state index < -0.39 is 17.7 Å². The molecule has 140 valence electrons. The first kappa shape index (κ1) is 19.1. The zero-order chi connectivity index (χ0) is 19.6. The van der Waals surface area contributed by atoms with Gasteiger partial charge in [0.15, 0.2) is 4.80 Å². The first-order chi connectivity index (χ1) is 13.0. The summed E-state index contributed by atoms with van der Waals surface area (Å²) in [4.78, 5) is 28.5. The van der Waals surface area contributed by atoms with Gasteiger partial charge < -0.3 is 14.0 Å². The number of methoxy groups -OCH3 is 2. The lowest BCUT2D eigenvalue weighted by Crippen LogP contribution is -2.22. The van der Waals surface area contributed by atoms with Crippen LogP contribution < -0.4 is 9.54 Å². The number of rotatable bonds is 4. The Morgan fingerprint density at radius 3 is 2.63 bits per heavy atom. The van der Waals surface area contributed by atoms with E-state index in [0.717, 1.165) is 11.3 Å². The fraction of sp³-hybridized carbons (Fsp3) is 0.167. The molecule has 0 bridgehead atoms. The van der Waals surface area contributed by atoms with Crippen LogP contribution in [0.5, 0.6) is 5.75 Å². The van der Waals surface area contributed by atoms with Crippen LogP contribution in [0.2, 0.25) is 5.02 Å². The minimum atomic E-state index is -0.770.